The number of nitrogens with zero attached hydrogens (tertiary/aromatic N) is 3. The van der Waals surface area contributed by atoms with Crippen LogP contribution in [0.2, 0.25) is 5.02 Å². The maximum absolute atomic E-state index is 11.8. The van der Waals surface area contributed by atoms with Gasteiger partial charge in [0.05, 0.1) is 18.3 Å². The van der Waals surface area contributed by atoms with Crippen LogP contribution in [0.15, 0.2) is 11.0 Å². The minimum Gasteiger partial charge on any atom is -0.371 e. The molecular weight excluding hydrogens is 272 g/mol. The van der Waals surface area contributed by atoms with Crippen LogP contribution in [0.1, 0.15) is 13.3 Å². The Labute approximate surface area is 114 Å². The number of rotatable bonds is 3. The standard InChI is InChI=1S/C11H13ClN4O3/c1-3-16-11(19)9(12)7(5-13-16)14-6-4-8(17)15(2)10(6)18/h5-6,14H,3-4H2,1-2H3. The number of anilines is 1. The van der Waals surface area contributed by atoms with Gasteiger partial charge in [-0.25, -0.2) is 4.68 Å². The van der Waals surface area contributed by atoms with Crippen molar-refractivity contribution in [2.45, 2.75) is 25.9 Å². The molecule has 0 bridgehead atoms. The lowest BCUT2D eigenvalue weighted by atomic mass is 10.2. The smallest absolute Gasteiger partial charge is 0.287 e. The molecule has 1 unspecified atom stereocenters. The van der Waals surface area contributed by atoms with Crippen molar-refractivity contribution in [3.8, 4) is 0 Å². The van der Waals surface area contributed by atoms with Crippen molar-refractivity contribution in [1.82, 2.24) is 14.7 Å². The number of halogens is 1. The molecule has 0 aliphatic carbocycles. The fourth-order valence-electron chi connectivity index (χ4n) is 1.85. The Bertz CT molecular complexity index is 598. The van der Waals surface area contributed by atoms with E-state index in [4.69, 9.17) is 11.6 Å². The fraction of sp³-hybridized carbons (Fsp3) is 0.455. The second kappa shape index (κ2) is 5.00. The second-order valence-corrected chi connectivity index (χ2v) is 4.56. The number of amides is 2. The molecule has 1 atom stereocenters. The van der Waals surface area contributed by atoms with Crippen molar-refractivity contribution in [3.05, 3.63) is 21.6 Å². The van der Waals surface area contributed by atoms with Crippen LogP contribution in [-0.2, 0) is 16.1 Å². The van der Waals surface area contributed by atoms with E-state index in [0.29, 0.717) is 6.54 Å². The molecule has 7 nitrogen and oxygen atoms in total. The SMILES string of the molecule is CCn1ncc(NC2CC(=O)N(C)C2=O)c(Cl)c1=O. The summed E-state index contributed by atoms with van der Waals surface area (Å²) in [5.41, 5.74) is -0.169. The summed E-state index contributed by atoms with van der Waals surface area (Å²) >= 11 is 5.93. The van der Waals surface area contributed by atoms with Crippen LogP contribution in [0.5, 0.6) is 0 Å². The first-order valence-electron chi connectivity index (χ1n) is 5.78. The minimum absolute atomic E-state index is 0.0355. The molecule has 1 N–H and O–H groups in total. The Balaban J connectivity index is 2.26. The van der Waals surface area contributed by atoms with Crippen molar-refractivity contribution in [3.63, 3.8) is 0 Å². The van der Waals surface area contributed by atoms with Crippen LogP contribution < -0.4 is 10.9 Å². The number of aromatic nitrogens is 2. The monoisotopic (exact) mass is 284 g/mol. The van der Waals surface area contributed by atoms with Gasteiger partial charge in [-0.15, -0.1) is 0 Å². The zero-order valence-electron chi connectivity index (χ0n) is 10.5. The number of carbonyl (C=O) groups is 2. The van der Waals surface area contributed by atoms with Gasteiger partial charge in [0.25, 0.3) is 11.5 Å². The van der Waals surface area contributed by atoms with E-state index in [1.165, 1.54) is 17.9 Å². The summed E-state index contributed by atoms with van der Waals surface area (Å²) in [7, 11) is 1.42. The largest absolute Gasteiger partial charge is 0.371 e. The van der Waals surface area contributed by atoms with E-state index >= 15 is 0 Å². The van der Waals surface area contributed by atoms with E-state index in [9.17, 15) is 14.4 Å². The van der Waals surface area contributed by atoms with E-state index in [0.717, 1.165) is 4.90 Å². The highest BCUT2D eigenvalue weighted by molar-refractivity contribution is 6.33. The number of likely N-dealkylation sites (tertiary alicyclic amines) is 1. The second-order valence-electron chi connectivity index (χ2n) is 4.19. The van der Waals surface area contributed by atoms with Gasteiger partial charge in [-0.05, 0) is 6.92 Å². The summed E-state index contributed by atoms with van der Waals surface area (Å²) in [4.78, 5) is 35.9. The molecular formula is C11H13ClN4O3. The molecule has 0 saturated carbocycles. The molecule has 102 valence electrons. The van der Waals surface area contributed by atoms with Gasteiger partial charge in [0, 0.05) is 13.6 Å². The van der Waals surface area contributed by atoms with Crippen molar-refractivity contribution < 1.29 is 9.59 Å². The first kappa shape index (κ1) is 13.5. The zero-order valence-corrected chi connectivity index (χ0v) is 11.3. The van der Waals surface area contributed by atoms with Gasteiger partial charge in [-0.3, -0.25) is 19.3 Å². The molecule has 0 radical (unpaired) electrons. The third-order valence-electron chi connectivity index (χ3n) is 3.00. The number of carbonyl (C=O) groups excluding carboxylic acids is 2. The zero-order chi connectivity index (χ0) is 14.2. The molecule has 1 aliphatic heterocycles. The maximum atomic E-state index is 11.8. The number of likely N-dealkylation sites (N-methyl/N-ethyl adjacent to an activating group) is 1. The molecule has 2 rings (SSSR count). The van der Waals surface area contributed by atoms with Gasteiger partial charge in [-0.1, -0.05) is 11.6 Å². The number of hydrogen-bond acceptors (Lipinski definition) is 5. The van der Waals surface area contributed by atoms with Gasteiger partial charge in [0.15, 0.2) is 0 Å². The van der Waals surface area contributed by atoms with E-state index in [1.807, 2.05) is 0 Å². The lowest BCUT2D eigenvalue weighted by Crippen LogP contribution is -2.33. The van der Waals surface area contributed by atoms with Crippen molar-refractivity contribution in [2.75, 3.05) is 12.4 Å². The Kier molecular flexibility index (Phi) is 3.57. The highest BCUT2D eigenvalue weighted by Gasteiger charge is 2.36. The maximum Gasteiger partial charge on any atom is 0.287 e. The summed E-state index contributed by atoms with van der Waals surface area (Å²) in [6.07, 6.45) is 1.42. The lowest BCUT2D eigenvalue weighted by molar-refractivity contribution is -0.136. The number of nitrogens with one attached hydrogen (secondary N) is 1. The molecule has 19 heavy (non-hydrogen) atoms. The molecule has 0 aromatic carbocycles. The highest BCUT2D eigenvalue weighted by Crippen LogP contribution is 2.20. The molecule has 1 aliphatic rings. The Hall–Kier alpha value is -1.89. The summed E-state index contributed by atoms with van der Waals surface area (Å²) in [6.45, 7) is 2.17. The molecule has 8 heteroatoms. The quantitative estimate of drug-likeness (QED) is 0.795. The third-order valence-corrected chi connectivity index (χ3v) is 3.36. The number of imide groups is 1. The number of hydrogen-bond donors (Lipinski definition) is 1. The Morgan fingerprint density at radius 2 is 2.16 bits per heavy atom. The molecule has 2 heterocycles. The van der Waals surface area contributed by atoms with Crippen LogP contribution in [0.3, 0.4) is 0 Å². The first-order chi connectivity index (χ1) is 8.95. The molecule has 0 spiro atoms. The average molecular weight is 285 g/mol. The normalized spacial score (nSPS) is 19.1. The van der Waals surface area contributed by atoms with Crippen molar-refractivity contribution >= 4 is 29.1 Å². The molecule has 1 aromatic rings. The third kappa shape index (κ3) is 2.33. The van der Waals surface area contributed by atoms with E-state index in [2.05, 4.69) is 10.4 Å². The van der Waals surface area contributed by atoms with E-state index in [-0.39, 0.29) is 28.9 Å². The minimum atomic E-state index is -0.700. The Morgan fingerprint density at radius 1 is 1.47 bits per heavy atom. The van der Waals surface area contributed by atoms with E-state index in [1.54, 1.807) is 6.92 Å². The van der Waals surface area contributed by atoms with E-state index < -0.39 is 11.6 Å². The lowest BCUT2D eigenvalue weighted by Gasteiger charge is -2.13. The van der Waals surface area contributed by atoms with Crippen molar-refractivity contribution in [1.29, 1.82) is 0 Å². The predicted octanol–water partition coefficient (Wildman–Crippen LogP) is 0.0858. The molecule has 2 amide bonds. The topological polar surface area (TPSA) is 84.3 Å². The summed E-state index contributed by atoms with van der Waals surface area (Å²) in [6, 6.07) is -0.700. The van der Waals surface area contributed by atoms with Crippen LogP contribution in [0.25, 0.3) is 0 Å². The van der Waals surface area contributed by atoms with Crippen LogP contribution >= 0.6 is 11.6 Å². The van der Waals surface area contributed by atoms with Crippen molar-refractivity contribution in [2.24, 2.45) is 0 Å². The van der Waals surface area contributed by atoms with Crippen LogP contribution in [0, 0.1) is 0 Å². The van der Waals surface area contributed by atoms with Gasteiger partial charge in [-0.2, -0.15) is 5.10 Å². The molecule has 1 saturated heterocycles. The van der Waals surface area contributed by atoms with Gasteiger partial charge >= 0.3 is 0 Å². The first-order valence-corrected chi connectivity index (χ1v) is 6.16. The number of aryl methyl sites for hydroxylation is 1. The molecule has 1 fully saturated rings. The highest BCUT2D eigenvalue weighted by atomic mass is 35.5. The van der Waals surface area contributed by atoms with Gasteiger partial charge in [0.1, 0.15) is 11.1 Å². The summed E-state index contributed by atoms with van der Waals surface area (Å²) in [5.74, 6) is -0.616. The van der Waals surface area contributed by atoms with Crippen LogP contribution in [-0.4, -0.2) is 39.6 Å². The Morgan fingerprint density at radius 3 is 2.68 bits per heavy atom. The van der Waals surface area contributed by atoms with Crippen LogP contribution in [0.4, 0.5) is 5.69 Å². The average Bonchev–Trinajstić information content (AvgIpc) is 2.63. The van der Waals surface area contributed by atoms with Gasteiger partial charge in [0.2, 0.25) is 5.91 Å². The summed E-state index contributed by atoms with van der Waals surface area (Å²) in [5, 5.41) is 6.67. The predicted molar refractivity (Wildman–Crippen MR) is 69.0 cm³/mol. The molecule has 1 aromatic heterocycles. The summed E-state index contributed by atoms with van der Waals surface area (Å²) < 4.78 is 1.21. The fourth-order valence-corrected chi connectivity index (χ4v) is 2.05. The van der Waals surface area contributed by atoms with Gasteiger partial charge < -0.3 is 5.32 Å².